The number of amides is 2. The average molecular weight is 474 g/mol. The summed E-state index contributed by atoms with van der Waals surface area (Å²) in [5.74, 6) is -1.20. The van der Waals surface area contributed by atoms with Crippen molar-refractivity contribution in [2.45, 2.75) is 51.3 Å². The highest BCUT2D eigenvalue weighted by atomic mass is 16.6. The Morgan fingerprint density at radius 3 is 1.91 bits per heavy atom. The summed E-state index contributed by atoms with van der Waals surface area (Å²) in [6, 6.07) is 10.7. The molecule has 2 rings (SSSR count). The van der Waals surface area contributed by atoms with Crippen LogP contribution in [0.3, 0.4) is 0 Å². The number of rotatable bonds is 9. The molecule has 1 unspecified atom stereocenters. The quantitative estimate of drug-likeness (QED) is 0.276. The number of aromatic hydroxyl groups is 1. The Morgan fingerprint density at radius 1 is 0.882 bits per heavy atom. The molecule has 0 aliphatic rings. The molecule has 2 aromatic carbocycles. The van der Waals surface area contributed by atoms with E-state index in [1.165, 1.54) is 19.2 Å². The number of benzene rings is 2. The molecule has 2 atom stereocenters. The van der Waals surface area contributed by atoms with Crippen molar-refractivity contribution in [1.82, 2.24) is 10.6 Å². The molecule has 0 spiro atoms. The standard InChI is InChI=1S/C24H31N3O7/c1-24(2,3)34-23(31)26-19(13-16-7-11-18(28)12-8-16)21(29)25-20(22(30)33-4)14-15-5-9-17(27-32)10-6-15/h5-12,19-20,27-28,32H,13-14H2,1-4H3,(H,25,29)(H,26,31)/t19?,20-/m0/s1. The van der Waals surface area contributed by atoms with Crippen LogP contribution >= 0.6 is 0 Å². The molecule has 10 heteroatoms. The summed E-state index contributed by atoms with van der Waals surface area (Å²) in [6.07, 6.45) is -0.563. The smallest absolute Gasteiger partial charge is 0.408 e. The first-order valence-electron chi connectivity index (χ1n) is 10.7. The molecular weight excluding hydrogens is 442 g/mol. The van der Waals surface area contributed by atoms with Gasteiger partial charge in [-0.1, -0.05) is 24.3 Å². The van der Waals surface area contributed by atoms with E-state index in [1.807, 2.05) is 5.48 Å². The highest BCUT2D eigenvalue weighted by Gasteiger charge is 2.29. The highest BCUT2D eigenvalue weighted by molar-refractivity contribution is 5.90. The second-order valence-electron chi connectivity index (χ2n) is 8.67. The number of carbonyl (C=O) groups excluding carboxylic acids is 3. The van der Waals surface area contributed by atoms with Crippen LogP contribution in [-0.4, -0.2) is 53.1 Å². The molecule has 0 saturated heterocycles. The van der Waals surface area contributed by atoms with Gasteiger partial charge in [-0.05, 0) is 56.2 Å². The molecule has 0 bridgehead atoms. The third-order valence-electron chi connectivity index (χ3n) is 4.71. The number of nitrogens with one attached hydrogen (secondary N) is 3. The molecule has 10 nitrogen and oxygen atoms in total. The van der Waals surface area contributed by atoms with E-state index < -0.39 is 35.7 Å². The first kappa shape index (κ1) is 26.5. The molecule has 0 radical (unpaired) electrons. The summed E-state index contributed by atoms with van der Waals surface area (Å²) in [6.45, 7) is 5.10. The number of anilines is 1. The van der Waals surface area contributed by atoms with Crippen LogP contribution in [0.1, 0.15) is 31.9 Å². The third kappa shape index (κ3) is 8.62. The van der Waals surface area contributed by atoms with Crippen LogP contribution in [0.2, 0.25) is 0 Å². The van der Waals surface area contributed by atoms with Crippen LogP contribution in [-0.2, 0) is 31.9 Å². The van der Waals surface area contributed by atoms with Crippen molar-refractivity contribution in [3.63, 3.8) is 0 Å². The molecule has 0 aliphatic heterocycles. The molecule has 0 aliphatic carbocycles. The van der Waals surface area contributed by atoms with Gasteiger partial charge in [-0.15, -0.1) is 0 Å². The Morgan fingerprint density at radius 2 is 1.41 bits per heavy atom. The Balaban J connectivity index is 2.21. The van der Waals surface area contributed by atoms with Gasteiger partial charge in [0, 0.05) is 12.8 Å². The van der Waals surface area contributed by atoms with Gasteiger partial charge in [0.15, 0.2) is 0 Å². The van der Waals surface area contributed by atoms with E-state index >= 15 is 0 Å². The summed E-state index contributed by atoms with van der Waals surface area (Å²) >= 11 is 0. The predicted molar refractivity (Wildman–Crippen MR) is 124 cm³/mol. The Bertz CT molecular complexity index is 970. The normalized spacial score (nSPS) is 12.7. The minimum Gasteiger partial charge on any atom is -0.508 e. The van der Waals surface area contributed by atoms with Gasteiger partial charge in [-0.3, -0.25) is 15.5 Å². The van der Waals surface area contributed by atoms with E-state index in [0.717, 1.165) is 0 Å². The highest BCUT2D eigenvalue weighted by Crippen LogP contribution is 2.14. The maximum Gasteiger partial charge on any atom is 0.408 e. The van der Waals surface area contributed by atoms with Gasteiger partial charge in [0.25, 0.3) is 0 Å². The first-order chi connectivity index (χ1) is 16.0. The predicted octanol–water partition coefficient (Wildman–Crippen LogP) is 2.53. The number of phenols is 1. The molecule has 0 saturated carbocycles. The number of ether oxygens (including phenoxy) is 2. The van der Waals surface area contributed by atoms with E-state index in [1.54, 1.807) is 57.2 Å². The zero-order chi connectivity index (χ0) is 25.3. The van der Waals surface area contributed by atoms with Gasteiger partial charge in [0.2, 0.25) is 5.91 Å². The fourth-order valence-corrected chi connectivity index (χ4v) is 3.09. The molecule has 0 heterocycles. The summed E-state index contributed by atoms with van der Waals surface area (Å²) in [5.41, 5.74) is 3.11. The molecular formula is C24H31N3O7. The van der Waals surface area contributed by atoms with Crippen molar-refractivity contribution in [1.29, 1.82) is 0 Å². The zero-order valence-corrected chi connectivity index (χ0v) is 19.6. The molecule has 0 aromatic heterocycles. The molecule has 2 amide bonds. The van der Waals surface area contributed by atoms with Crippen molar-refractivity contribution < 1.29 is 34.2 Å². The SMILES string of the molecule is COC(=O)[C@H](Cc1ccc(NO)cc1)NC(=O)C(Cc1ccc(O)cc1)NC(=O)OC(C)(C)C. The zero-order valence-electron chi connectivity index (χ0n) is 19.6. The van der Waals surface area contributed by atoms with Gasteiger partial charge in [-0.2, -0.15) is 0 Å². The lowest BCUT2D eigenvalue weighted by Crippen LogP contribution is -2.53. The lowest BCUT2D eigenvalue weighted by Gasteiger charge is -2.25. The van der Waals surface area contributed by atoms with Crippen LogP contribution in [0.4, 0.5) is 10.5 Å². The van der Waals surface area contributed by atoms with Gasteiger partial charge >= 0.3 is 12.1 Å². The lowest BCUT2D eigenvalue weighted by molar-refractivity contribution is -0.145. The monoisotopic (exact) mass is 473 g/mol. The molecule has 0 fully saturated rings. The number of phenolic OH excluding ortho intramolecular Hbond substituents is 1. The maximum absolute atomic E-state index is 13.2. The first-order valence-corrected chi connectivity index (χ1v) is 10.7. The van der Waals surface area contributed by atoms with Crippen molar-refractivity contribution >= 4 is 23.7 Å². The van der Waals surface area contributed by atoms with Crippen molar-refractivity contribution in [3.8, 4) is 5.75 Å². The summed E-state index contributed by atoms with van der Waals surface area (Å²) in [7, 11) is 1.22. The number of esters is 1. The summed E-state index contributed by atoms with van der Waals surface area (Å²) in [5, 5.41) is 23.7. The third-order valence-corrected chi connectivity index (χ3v) is 4.71. The lowest BCUT2D eigenvalue weighted by atomic mass is 10.0. The second-order valence-corrected chi connectivity index (χ2v) is 8.67. The fraction of sp³-hybridized carbons (Fsp3) is 0.375. The number of alkyl carbamates (subject to hydrolysis) is 1. The van der Waals surface area contributed by atoms with Crippen molar-refractivity contribution in [3.05, 3.63) is 59.7 Å². The van der Waals surface area contributed by atoms with E-state index in [9.17, 15) is 19.5 Å². The molecule has 2 aromatic rings. The van der Waals surface area contributed by atoms with Crippen LogP contribution in [0, 0.1) is 0 Å². The number of methoxy groups -OCH3 is 1. The van der Waals surface area contributed by atoms with Gasteiger partial charge in [0.1, 0.15) is 23.4 Å². The topological polar surface area (TPSA) is 146 Å². The van der Waals surface area contributed by atoms with Crippen molar-refractivity contribution in [2.24, 2.45) is 0 Å². The van der Waals surface area contributed by atoms with Crippen LogP contribution in [0.15, 0.2) is 48.5 Å². The van der Waals surface area contributed by atoms with Crippen LogP contribution < -0.4 is 16.1 Å². The molecule has 5 N–H and O–H groups in total. The number of hydrogen-bond acceptors (Lipinski definition) is 8. The summed E-state index contributed by atoms with van der Waals surface area (Å²) < 4.78 is 10.1. The minimum absolute atomic E-state index is 0.0676. The van der Waals surface area contributed by atoms with Gasteiger partial charge < -0.3 is 25.2 Å². The van der Waals surface area contributed by atoms with E-state index in [0.29, 0.717) is 16.8 Å². The van der Waals surface area contributed by atoms with E-state index in [-0.39, 0.29) is 18.6 Å². The minimum atomic E-state index is -1.06. The Labute approximate surface area is 198 Å². The molecule has 34 heavy (non-hydrogen) atoms. The van der Waals surface area contributed by atoms with E-state index in [4.69, 9.17) is 14.7 Å². The second kappa shape index (κ2) is 11.9. The fourth-order valence-electron chi connectivity index (χ4n) is 3.09. The van der Waals surface area contributed by atoms with Crippen molar-refractivity contribution in [2.75, 3.05) is 12.6 Å². The van der Waals surface area contributed by atoms with Gasteiger partial charge in [-0.25, -0.2) is 9.59 Å². The Kier molecular flexibility index (Phi) is 9.26. The summed E-state index contributed by atoms with van der Waals surface area (Å²) in [4.78, 5) is 37.9. The van der Waals surface area contributed by atoms with E-state index in [2.05, 4.69) is 10.6 Å². The molecule has 184 valence electrons. The van der Waals surface area contributed by atoms with Crippen LogP contribution in [0.5, 0.6) is 5.75 Å². The number of carbonyl (C=O) groups is 3. The van der Waals surface area contributed by atoms with Gasteiger partial charge in [0.05, 0.1) is 12.8 Å². The maximum atomic E-state index is 13.2. The average Bonchev–Trinajstić information content (AvgIpc) is 2.78. The van der Waals surface area contributed by atoms with Crippen LogP contribution in [0.25, 0.3) is 0 Å². The number of hydrogen-bond donors (Lipinski definition) is 5. The Hall–Kier alpha value is -3.79. The largest absolute Gasteiger partial charge is 0.508 e.